The number of anilines is 1. The lowest BCUT2D eigenvalue weighted by molar-refractivity contribution is -0.274. The van der Waals surface area contributed by atoms with E-state index in [0.717, 1.165) is 25.2 Å². The Labute approximate surface area is 133 Å². The standard InChI is InChI=1S/C15H20F3N3O2/c1-20(2)14(22)19-9-11-7-8-21(10-11)12-3-5-13(6-4-12)23-15(16,17)18/h3-6,11H,7-10H2,1-2H3,(H,19,22)/t11-/m0/s1. The molecule has 128 valence electrons. The number of urea groups is 1. The zero-order chi connectivity index (χ0) is 17.0. The van der Waals surface area contributed by atoms with Gasteiger partial charge >= 0.3 is 12.4 Å². The molecule has 8 heteroatoms. The number of benzene rings is 1. The Hall–Kier alpha value is -2.12. The van der Waals surface area contributed by atoms with Crippen molar-refractivity contribution in [2.24, 2.45) is 5.92 Å². The van der Waals surface area contributed by atoms with Crippen LogP contribution in [0.1, 0.15) is 6.42 Å². The zero-order valence-corrected chi connectivity index (χ0v) is 13.1. The van der Waals surface area contributed by atoms with Crippen molar-refractivity contribution < 1.29 is 22.7 Å². The Kier molecular flexibility index (Phi) is 5.23. The van der Waals surface area contributed by atoms with E-state index in [4.69, 9.17) is 0 Å². The number of nitrogens with one attached hydrogen (secondary N) is 1. The Morgan fingerprint density at radius 2 is 2.00 bits per heavy atom. The average Bonchev–Trinajstić information content (AvgIpc) is 2.92. The number of ether oxygens (including phenoxy) is 1. The van der Waals surface area contributed by atoms with E-state index in [1.165, 1.54) is 17.0 Å². The third-order valence-corrected chi connectivity index (χ3v) is 3.67. The van der Waals surface area contributed by atoms with Gasteiger partial charge in [-0.1, -0.05) is 0 Å². The molecule has 1 heterocycles. The topological polar surface area (TPSA) is 44.8 Å². The highest BCUT2D eigenvalue weighted by Crippen LogP contribution is 2.28. The van der Waals surface area contributed by atoms with Crippen LogP contribution in [0.15, 0.2) is 24.3 Å². The zero-order valence-electron chi connectivity index (χ0n) is 13.1. The van der Waals surface area contributed by atoms with Gasteiger partial charge in [0.15, 0.2) is 0 Å². The first-order valence-corrected chi connectivity index (χ1v) is 7.30. The highest BCUT2D eigenvalue weighted by molar-refractivity contribution is 5.73. The van der Waals surface area contributed by atoms with Gasteiger partial charge in [0.2, 0.25) is 0 Å². The van der Waals surface area contributed by atoms with Gasteiger partial charge in [-0.3, -0.25) is 0 Å². The molecule has 1 N–H and O–H groups in total. The van der Waals surface area contributed by atoms with Crippen LogP contribution in [0.3, 0.4) is 0 Å². The van der Waals surface area contributed by atoms with Crippen molar-refractivity contribution in [2.45, 2.75) is 12.8 Å². The van der Waals surface area contributed by atoms with Crippen LogP contribution >= 0.6 is 0 Å². The number of rotatable bonds is 4. The minimum absolute atomic E-state index is 0.128. The van der Waals surface area contributed by atoms with Crippen molar-refractivity contribution in [3.63, 3.8) is 0 Å². The van der Waals surface area contributed by atoms with Crippen molar-refractivity contribution in [1.29, 1.82) is 0 Å². The van der Waals surface area contributed by atoms with Crippen LogP contribution in [0.5, 0.6) is 5.75 Å². The predicted molar refractivity (Wildman–Crippen MR) is 80.5 cm³/mol. The van der Waals surface area contributed by atoms with Gasteiger partial charge in [0, 0.05) is 39.4 Å². The van der Waals surface area contributed by atoms with Gasteiger partial charge in [0.1, 0.15) is 5.75 Å². The molecule has 1 aliphatic rings. The summed E-state index contributed by atoms with van der Waals surface area (Å²) < 4.78 is 40.2. The molecule has 1 saturated heterocycles. The molecule has 0 spiro atoms. The largest absolute Gasteiger partial charge is 0.573 e. The van der Waals surface area contributed by atoms with Crippen molar-refractivity contribution in [2.75, 3.05) is 38.6 Å². The van der Waals surface area contributed by atoms with Gasteiger partial charge < -0.3 is 19.9 Å². The number of alkyl halides is 3. The molecular weight excluding hydrogens is 311 g/mol. The van der Waals surface area contributed by atoms with E-state index in [9.17, 15) is 18.0 Å². The molecule has 0 saturated carbocycles. The van der Waals surface area contributed by atoms with E-state index in [1.807, 2.05) is 0 Å². The number of carbonyl (C=O) groups is 1. The van der Waals surface area contributed by atoms with Crippen molar-refractivity contribution >= 4 is 11.7 Å². The van der Waals surface area contributed by atoms with E-state index >= 15 is 0 Å². The Balaban J connectivity index is 1.85. The predicted octanol–water partition coefficient (Wildman–Crippen LogP) is 2.68. The molecule has 1 aromatic carbocycles. The van der Waals surface area contributed by atoms with Crippen LogP contribution < -0.4 is 15.0 Å². The van der Waals surface area contributed by atoms with Crippen LogP contribution in [0.2, 0.25) is 0 Å². The molecule has 2 rings (SSSR count). The number of hydrogen-bond acceptors (Lipinski definition) is 3. The number of nitrogens with zero attached hydrogens (tertiary/aromatic N) is 2. The van der Waals surface area contributed by atoms with E-state index in [0.29, 0.717) is 12.5 Å². The molecule has 1 aliphatic heterocycles. The fourth-order valence-corrected chi connectivity index (χ4v) is 2.48. The van der Waals surface area contributed by atoms with Gasteiger partial charge in [0.05, 0.1) is 0 Å². The maximum Gasteiger partial charge on any atom is 0.573 e. The van der Waals surface area contributed by atoms with Gasteiger partial charge in [-0.25, -0.2) is 4.79 Å². The molecule has 1 atom stereocenters. The lowest BCUT2D eigenvalue weighted by Crippen LogP contribution is -2.38. The van der Waals surface area contributed by atoms with E-state index in [-0.39, 0.29) is 11.8 Å². The smallest absolute Gasteiger partial charge is 0.406 e. The lowest BCUT2D eigenvalue weighted by atomic mass is 10.1. The van der Waals surface area contributed by atoms with Crippen LogP contribution in [-0.2, 0) is 0 Å². The molecule has 0 aromatic heterocycles. The normalized spacial score (nSPS) is 18.0. The number of carbonyl (C=O) groups excluding carboxylic acids is 1. The van der Waals surface area contributed by atoms with Crippen molar-refractivity contribution in [1.82, 2.24) is 10.2 Å². The second-order valence-corrected chi connectivity index (χ2v) is 5.72. The van der Waals surface area contributed by atoms with Gasteiger partial charge in [-0.2, -0.15) is 0 Å². The van der Waals surface area contributed by atoms with Crippen LogP contribution in [0.4, 0.5) is 23.7 Å². The Morgan fingerprint density at radius 1 is 1.35 bits per heavy atom. The lowest BCUT2D eigenvalue weighted by Gasteiger charge is -2.20. The summed E-state index contributed by atoms with van der Waals surface area (Å²) in [7, 11) is 3.36. The third kappa shape index (κ3) is 5.22. The molecule has 1 fully saturated rings. The first-order valence-electron chi connectivity index (χ1n) is 7.30. The number of hydrogen-bond donors (Lipinski definition) is 1. The van der Waals surface area contributed by atoms with Crippen LogP contribution in [-0.4, -0.2) is 51.0 Å². The van der Waals surface area contributed by atoms with Crippen LogP contribution in [0, 0.1) is 5.92 Å². The maximum absolute atomic E-state index is 12.1. The molecular formula is C15H20F3N3O2. The minimum atomic E-state index is -4.68. The third-order valence-electron chi connectivity index (χ3n) is 3.67. The van der Waals surface area contributed by atoms with E-state index in [2.05, 4.69) is 15.0 Å². The fraction of sp³-hybridized carbons (Fsp3) is 0.533. The summed E-state index contributed by atoms with van der Waals surface area (Å²) in [4.78, 5) is 15.1. The average molecular weight is 331 g/mol. The highest BCUT2D eigenvalue weighted by atomic mass is 19.4. The van der Waals surface area contributed by atoms with Crippen LogP contribution in [0.25, 0.3) is 0 Å². The molecule has 5 nitrogen and oxygen atoms in total. The fourth-order valence-electron chi connectivity index (χ4n) is 2.48. The van der Waals surface area contributed by atoms with Crippen molar-refractivity contribution in [3.8, 4) is 5.75 Å². The first-order chi connectivity index (χ1) is 10.7. The molecule has 0 unspecified atom stereocenters. The summed E-state index contributed by atoms with van der Waals surface area (Å²) in [6, 6.07) is 5.72. The Bertz CT molecular complexity index is 532. The number of amides is 2. The summed E-state index contributed by atoms with van der Waals surface area (Å²) in [5, 5.41) is 2.85. The van der Waals surface area contributed by atoms with Gasteiger partial charge in [0.25, 0.3) is 0 Å². The van der Waals surface area contributed by atoms with Crippen molar-refractivity contribution in [3.05, 3.63) is 24.3 Å². The molecule has 23 heavy (non-hydrogen) atoms. The van der Waals surface area contributed by atoms with E-state index in [1.54, 1.807) is 26.2 Å². The summed E-state index contributed by atoms with van der Waals surface area (Å²) in [6.45, 7) is 2.15. The molecule has 0 radical (unpaired) electrons. The monoisotopic (exact) mass is 331 g/mol. The first kappa shape index (κ1) is 17.2. The second kappa shape index (κ2) is 6.97. The highest BCUT2D eigenvalue weighted by Gasteiger charge is 2.31. The summed E-state index contributed by atoms with van der Waals surface area (Å²) in [6.07, 6.45) is -3.75. The second-order valence-electron chi connectivity index (χ2n) is 5.72. The van der Waals surface area contributed by atoms with E-state index < -0.39 is 6.36 Å². The molecule has 1 aromatic rings. The number of halogens is 3. The SMILES string of the molecule is CN(C)C(=O)NC[C@@H]1CCN(c2ccc(OC(F)(F)F)cc2)C1. The van der Waals surface area contributed by atoms with Gasteiger partial charge in [-0.15, -0.1) is 13.2 Å². The maximum atomic E-state index is 12.1. The molecule has 2 amide bonds. The van der Waals surface area contributed by atoms with Gasteiger partial charge in [-0.05, 0) is 36.6 Å². The summed E-state index contributed by atoms with van der Waals surface area (Å²) in [5.41, 5.74) is 0.848. The minimum Gasteiger partial charge on any atom is -0.406 e. The molecule has 0 aliphatic carbocycles. The quantitative estimate of drug-likeness (QED) is 0.923. The summed E-state index contributed by atoms with van der Waals surface area (Å²) in [5.74, 6) is 0.0974. The summed E-state index contributed by atoms with van der Waals surface area (Å²) >= 11 is 0. The Morgan fingerprint density at radius 3 is 2.57 bits per heavy atom. The molecule has 0 bridgehead atoms.